The lowest BCUT2D eigenvalue weighted by Crippen LogP contribution is -2.39. The summed E-state index contributed by atoms with van der Waals surface area (Å²) in [5, 5.41) is 16.0. The third kappa shape index (κ3) is 125. The second kappa shape index (κ2) is 103. The standard InChI is InChI=1S/C18H31NO6.C17H25N3O5.C14H21NO5.C13H23NO4.C11H24N2O4.C10H18O5.C6H16N2O2.C6H8O3/c1-5-10-22-12-8-16(20)7-6-11-23-14-15-24-13-9-19-17(21)25-18(2,3)4;1-2-9-23-11-5-16(21)4-3-10-24-13-14-25-12-7-19-17(22)20-8-6-18-15-20;1-2-7-18-9-5-14(17)15-6-10-20-12-11-19-8-3-4-13(15)16;1-2-7-16-9-5-13(15)4-3-8-17-11-12-18-10-6-14;1-11(2,3)17-10(14)13-5-7-16-9-8-15-6-4-12;1-9(2,3)14-7(11)13-8(12)15-10(4,5)6;7-1-3-9-5-6-10-4-2-8;1-2-4-9-5-3-6(7)8/h1H,6-15H2,2-4H3,(H,19,21);1,6,8,15H,3-5,7,9-14H2,(H,19,22);1H,3-12H2;1H,3-12,14H2;4-9,12H2,1-3H3,(H,13,14);1-6H3;1-8H2;1H,3-5H2,(H,7,8). The number of ether oxygens (including phenoxy) is 22. The smallest absolute Gasteiger partial charge is 0.481 e. The molecule has 0 aromatic carbocycles. The molecule has 1 aromatic rings. The van der Waals surface area contributed by atoms with Crippen LogP contribution in [-0.4, -0.2) is 385 Å². The van der Waals surface area contributed by atoms with Gasteiger partial charge in [-0.1, -0.05) is 29.6 Å². The third-order valence-corrected chi connectivity index (χ3v) is 14.7. The van der Waals surface area contributed by atoms with E-state index in [2.05, 4.69) is 60.0 Å². The van der Waals surface area contributed by atoms with Crippen LogP contribution in [0.5, 0.6) is 0 Å². The summed E-state index contributed by atoms with van der Waals surface area (Å²) in [5.74, 6) is 10.7. The van der Waals surface area contributed by atoms with Gasteiger partial charge in [0.15, 0.2) is 0 Å². The number of aliphatic carboxylic acids is 1. The fourth-order valence-corrected chi connectivity index (χ4v) is 8.82. The van der Waals surface area contributed by atoms with E-state index in [1.165, 1.54) is 22.0 Å². The second-order valence-electron chi connectivity index (χ2n) is 32.0. The summed E-state index contributed by atoms with van der Waals surface area (Å²) in [6, 6.07) is -0.244. The lowest BCUT2D eigenvalue weighted by molar-refractivity contribution is -0.146. The van der Waals surface area contributed by atoms with E-state index in [1.807, 2.05) is 20.8 Å². The Balaban J connectivity index is -0.000000370. The topological polar surface area (TPSA) is 572 Å². The molecule has 800 valence electrons. The summed E-state index contributed by atoms with van der Waals surface area (Å²) < 4.78 is 113. The molecule has 1 aromatic heterocycles. The average Bonchev–Trinajstić information content (AvgIpc) is 1.64. The van der Waals surface area contributed by atoms with Crippen molar-refractivity contribution < 1.29 is 162 Å². The number of nitrogens with two attached hydrogens (primary N) is 4. The summed E-state index contributed by atoms with van der Waals surface area (Å²) in [6.07, 6.45) is 32.3. The van der Waals surface area contributed by atoms with Gasteiger partial charge in [-0.3, -0.25) is 38.2 Å². The molecule has 2 rings (SSSR count). The first-order chi connectivity index (χ1) is 66.3. The first-order valence-electron chi connectivity index (χ1n) is 46.0. The molecule has 0 aliphatic carbocycles. The number of rotatable bonds is 64. The summed E-state index contributed by atoms with van der Waals surface area (Å²) >= 11 is 0. The van der Waals surface area contributed by atoms with Crippen molar-refractivity contribution in [2.45, 2.75) is 189 Å². The highest BCUT2D eigenvalue weighted by Gasteiger charge is 2.26. The maximum absolute atomic E-state index is 12.0. The number of carboxylic acids is 1. The van der Waals surface area contributed by atoms with Crippen molar-refractivity contribution in [3.8, 4) is 61.7 Å². The van der Waals surface area contributed by atoms with Gasteiger partial charge in [0.05, 0.1) is 185 Å². The molecule has 1 fully saturated rings. The quantitative estimate of drug-likeness (QED) is 0.0126. The van der Waals surface area contributed by atoms with Crippen molar-refractivity contribution in [2.75, 3.05) is 277 Å². The van der Waals surface area contributed by atoms with Gasteiger partial charge < -0.3 is 148 Å². The number of hydrogen-bond acceptors (Lipinski definition) is 38. The number of imidazole rings is 1. The minimum atomic E-state index is -1.06. The highest BCUT2D eigenvalue weighted by atomic mass is 16.8. The van der Waals surface area contributed by atoms with Crippen molar-refractivity contribution in [1.29, 1.82) is 0 Å². The number of carboxylic acid groups (broad SMARTS) is 1. The minimum Gasteiger partial charge on any atom is -0.481 e. The lowest BCUT2D eigenvalue weighted by Gasteiger charge is -2.20. The van der Waals surface area contributed by atoms with Crippen molar-refractivity contribution >= 4 is 65.7 Å². The Morgan fingerprint density at radius 1 is 0.381 bits per heavy atom. The van der Waals surface area contributed by atoms with Gasteiger partial charge in [0.25, 0.3) is 0 Å². The van der Waals surface area contributed by atoms with E-state index in [0.717, 1.165) is 6.42 Å². The van der Waals surface area contributed by atoms with Gasteiger partial charge in [-0.15, -0.1) is 32.1 Å². The molecule has 12 N–H and O–H groups in total. The monoisotopic (exact) mass is 1990 g/mol. The highest BCUT2D eigenvalue weighted by molar-refractivity contribution is 5.95. The number of hydrogen-bond donors (Lipinski definition) is 8. The van der Waals surface area contributed by atoms with E-state index >= 15 is 0 Å². The zero-order valence-electron chi connectivity index (χ0n) is 84.6. The summed E-state index contributed by atoms with van der Waals surface area (Å²) in [4.78, 5) is 129. The van der Waals surface area contributed by atoms with Crippen LogP contribution in [0.3, 0.4) is 0 Å². The number of Topliss-reactive ketones (excluding diaryl/α,β-unsaturated/α-hetero) is 3. The van der Waals surface area contributed by atoms with Crippen LogP contribution in [0.1, 0.15) is 167 Å². The number of nitrogens with zero attached hydrogens (tertiary/aromatic N) is 3. The number of ketones is 3. The van der Waals surface area contributed by atoms with Crippen LogP contribution in [0.15, 0.2) is 18.7 Å². The molecule has 5 amide bonds. The lowest BCUT2D eigenvalue weighted by atomic mass is 10.2. The Bertz CT molecular complexity index is 3380. The Morgan fingerprint density at radius 2 is 0.683 bits per heavy atom. The fourth-order valence-electron chi connectivity index (χ4n) is 8.82. The summed E-state index contributed by atoms with van der Waals surface area (Å²) in [5.41, 5.74) is 18.5. The number of alkyl carbamates (subject to hydrolysis) is 2. The molecule has 44 nitrogen and oxygen atoms in total. The molecule has 1 aliphatic rings. The number of carbonyl (C=O) groups is 11. The molecular weight excluding hydrogens is 1830 g/mol. The molecule has 139 heavy (non-hydrogen) atoms. The molecule has 2 heterocycles. The van der Waals surface area contributed by atoms with Crippen LogP contribution in [0.2, 0.25) is 0 Å². The zero-order valence-corrected chi connectivity index (χ0v) is 84.6. The highest BCUT2D eigenvalue weighted by Crippen LogP contribution is 2.13. The SMILES string of the molecule is C#CCOCCC(=O)CCCOCCOCCN.C#CCOCCC(=O)CCCOCCOCCNC(=O)OC(C)(C)C.C#CCOCCC(=O)CCCOCCOCCNC(=O)n1ccnc1.C#CCOCCC(=O)N1CCOCCOCCCC1=O.C#CCOCCC(=O)O.CC(C)(C)OC(=O)NCCOCCOCCN.CC(C)(C)OC(=O)OC(=O)OC(C)(C)C.NCCOCCOCCN. The predicted molar refractivity (Wildman–Crippen MR) is 517 cm³/mol. The Morgan fingerprint density at radius 3 is 0.986 bits per heavy atom. The zero-order chi connectivity index (χ0) is 105. The van der Waals surface area contributed by atoms with E-state index in [-0.39, 0.29) is 101 Å². The number of terminal acetylenes is 5. The van der Waals surface area contributed by atoms with E-state index in [1.54, 1.807) is 68.5 Å². The van der Waals surface area contributed by atoms with Crippen LogP contribution in [-0.2, 0) is 133 Å². The van der Waals surface area contributed by atoms with E-state index < -0.39 is 52.9 Å². The van der Waals surface area contributed by atoms with Gasteiger partial charge in [-0.25, -0.2) is 29.0 Å². The van der Waals surface area contributed by atoms with Gasteiger partial charge in [-0.05, 0) is 109 Å². The number of imide groups is 1. The second-order valence-corrected chi connectivity index (χ2v) is 32.0. The fraction of sp³-hybridized carbons (Fsp3) is 0.747. The third-order valence-electron chi connectivity index (χ3n) is 14.7. The van der Waals surface area contributed by atoms with E-state index in [9.17, 15) is 52.7 Å². The van der Waals surface area contributed by atoms with E-state index in [4.69, 9.17) is 155 Å². The predicted octanol–water partition coefficient (Wildman–Crippen LogP) is 5.80. The first-order valence-corrected chi connectivity index (χ1v) is 46.0. The molecule has 44 heteroatoms. The Labute approximate surface area is 824 Å². The van der Waals surface area contributed by atoms with Gasteiger partial charge in [0.2, 0.25) is 11.8 Å². The van der Waals surface area contributed by atoms with Crippen LogP contribution in [0, 0.1) is 61.7 Å². The molecule has 0 atom stereocenters. The number of carbonyl (C=O) groups excluding carboxylic acids is 10. The van der Waals surface area contributed by atoms with Gasteiger partial charge in [0.1, 0.15) is 79.1 Å². The Hall–Kier alpha value is -9.46. The van der Waals surface area contributed by atoms with Gasteiger partial charge in [-0.2, -0.15) is 0 Å². The minimum absolute atomic E-state index is 0.0156. The molecule has 1 saturated heterocycles. The molecule has 0 bridgehead atoms. The van der Waals surface area contributed by atoms with Crippen molar-refractivity contribution in [2.24, 2.45) is 22.9 Å². The molecule has 1 aliphatic heterocycles. The van der Waals surface area contributed by atoms with Crippen molar-refractivity contribution in [3.63, 3.8) is 0 Å². The van der Waals surface area contributed by atoms with Crippen LogP contribution >= 0.6 is 0 Å². The van der Waals surface area contributed by atoms with Crippen LogP contribution in [0.25, 0.3) is 0 Å². The maximum Gasteiger partial charge on any atom is 0.519 e. The van der Waals surface area contributed by atoms with Gasteiger partial charge in [0, 0.05) is 130 Å². The molecule has 0 saturated carbocycles. The van der Waals surface area contributed by atoms with Gasteiger partial charge >= 0.3 is 36.5 Å². The Kier molecular flexibility index (Phi) is 104. The molecule has 0 unspecified atom stereocenters. The normalized spacial score (nSPS) is 11.7. The first kappa shape index (κ1) is 140. The number of nitrogens with one attached hydrogen (secondary N) is 3. The van der Waals surface area contributed by atoms with E-state index in [0.29, 0.717) is 288 Å². The molecule has 0 spiro atoms. The van der Waals surface area contributed by atoms with Crippen LogP contribution < -0.4 is 38.9 Å². The van der Waals surface area contributed by atoms with Crippen molar-refractivity contribution in [1.82, 2.24) is 30.4 Å². The number of amides is 5. The largest absolute Gasteiger partial charge is 0.519 e. The maximum atomic E-state index is 12.0. The van der Waals surface area contributed by atoms with Crippen LogP contribution in [0.4, 0.5) is 24.0 Å². The van der Waals surface area contributed by atoms with Crippen molar-refractivity contribution in [3.05, 3.63) is 18.7 Å². The number of aromatic nitrogens is 2. The molecule has 0 radical (unpaired) electrons. The average molecular weight is 1990 g/mol. The molecular formula is C95H166N10O34. The summed E-state index contributed by atoms with van der Waals surface area (Å²) in [7, 11) is 0. The summed E-state index contributed by atoms with van der Waals surface area (Å²) in [6.45, 7) is 39.2.